The van der Waals surface area contributed by atoms with Crippen molar-refractivity contribution >= 4 is 21.9 Å². The van der Waals surface area contributed by atoms with Crippen molar-refractivity contribution < 1.29 is 21.6 Å². The van der Waals surface area contributed by atoms with Gasteiger partial charge in [-0.15, -0.1) is 0 Å². The second-order valence-corrected chi connectivity index (χ2v) is 9.43. The Labute approximate surface area is 188 Å². The lowest BCUT2D eigenvalue weighted by atomic mass is 10.1. The largest absolute Gasteiger partial charge is 0.417 e. The minimum atomic E-state index is -4.55. The van der Waals surface area contributed by atoms with E-state index in [0.29, 0.717) is 17.9 Å². The third-order valence-electron chi connectivity index (χ3n) is 4.97. The van der Waals surface area contributed by atoms with Gasteiger partial charge in [0.25, 0.3) is 0 Å². The summed E-state index contributed by atoms with van der Waals surface area (Å²) in [5.41, 5.74) is -0.0989. The standard InChI is InChI=1S/C21H19F3N6O2S/c1-3-33(31,32)18-6-7-19(30-9-5-4-8-26-30)27-20(18)16-11-17(29(2)28-16)14-10-15(13-25-12-14)21(22,23)24/h5-13H,3-4H2,1-2H3. The Bertz CT molecular complexity index is 1350. The van der Waals surface area contributed by atoms with E-state index >= 15 is 0 Å². The topological polar surface area (TPSA) is 93.3 Å². The summed E-state index contributed by atoms with van der Waals surface area (Å²) in [6, 6.07) is 5.44. The van der Waals surface area contributed by atoms with Gasteiger partial charge < -0.3 is 0 Å². The van der Waals surface area contributed by atoms with Gasteiger partial charge in [0.15, 0.2) is 15.7 Å². The Morgan fingerprint density at radius 1 is 1.15 bits per heavy atom. The number of hydrazone groups is 1. The van der Waals surface area contributed by atoms with E-state index in [1.807, 2.05) is 6.08 Å². The van der Waals surface area contributed by atoms with Crippen molar-refractivity contribution in [1.82, 2.24) is 19.7 Å². The number of sulfone groups is 1. The van der Waals surface area contributed by atoms with Crippen molar-refractivity contribution in [2.24, 2.45) is 12.1 Å². The van der Waals surface area contributed by atoms with Crippen molar-refractivity contribution in [1.29, 1.82) is 0 Å². The Balaban J connectivity index is 1.86. The van der Waals surface area contributed by atoms with Crippen molar-refractivity contribution in [3.8, 4) is 22.6 Å². The van der Waals surface area contributed by atoms with Gasteiger partial charge in [0, 0.05) is 43.8 Å². The molecule has 0 N–H and O–H groups in total. The molecule has 4 rings (SSSR count). The quantitative estimate of drug-likeness (QED) is 0.551. The highest BCUT2D eigenvalue weighted by molar-refractivity contribution is 7.91. The van der Waals surface area contributed by atoms with Crippen molar-refractivity contribution in [2.75, 3.05) is 10.8 Å². The maximum absolute atomic E-state index is 13.1. The number of rotatable bonds is 5. The molecular formula is C21H19F3N6O2S. The van der Waals surface area contributed by atoms with E-state index in [9.17, 15) is 21.6 Å². The first-order chi connectivity index (χ1) is 15.6. The number of aromatic nitrogens is 4. The zero-order valence-electron chi connectivity index (χ0n) is 17.7. The average molecular weight is 476 g/mol. The number of pyridine rings is 2. The highest BCUT2D eigenvalue weighted by Gasteiger charge is 2.31. The second-order valence-electron chi connectivity index (χ2n) is 7.18. The molecule has 0 spiro atoms. The highest BCUT2D eigenvalue weighted by atomic mass is 32.2. The Hall–Kier alpha value is -3.54. The third kappa shape index (κ3) is 4.51. The summed E-state index contributed by atoms with van der Waals surface area (Å²) < 4.78 is 66.2. The molecule has 0 saturated heterocycles. The fourth-order valence-electron chi connectivity index (χ4n) is 3.27. The van der Waals surface area contributed by atoms with E-state index in [0.717, 1.165) is 12.3 Å². The average Bonchev–Trinajstić information content (AvgIpc) is 3.20. The Kier molecular flexibility index (Phi) is 5.78. The number of hydrogen-bond donors (Lipinski definition) is 0. The highest BCUT2D eigenvalue weighted by Crippen LogP contribution is 2.34. The summed E-state index contributed by atoms with van der Waals surface area (Å²) in [4.78, 5) is 8.17. The number of hydrogen-bond acceptors (Lipinski definition) is 7. The normalized spacial score (nSPS) is 14.2. The van der Waals surface area contributed by atoms with Crippen LogP contribution in [0.1, 0.15) is 18.9 Å². The van der Waals surface area contributed by atoms with Crippen LogP contribution in [0.5, 0.6) is 0 Å². The lowest BCUT2D eigenvalue weighted by Crippen LogP contribution is -2.14. The zero-order valence-corrected chi connectivity index (χ0v) is 18.5. The van der Waals surface area contributed by atoms with Gasteiger partial charge in [-0.25, -0.2) is 18.4 Å². The molecule has 8 nitrogen and oxygen atoms in total. The zero-order chi connectivity index (χ0) is 23.8. The number of allylic oxidation sites excluding steroid dienone is 1. The smallest absolute Gasteiger partial charge is 0.267 e. The van der Waals surface area contributed by atoms with Crippen LogP contribution in [-0.4, -0.2) is 40.1 Å². The minimum Gasteiger partial charge on any atom is -0.267 e. The molecule has 1 aliphatic rings. The fourth-order valence-corrected chi connectivity index (χ4v) is 4.30. The molecule has 12 heteroatoms. The fraction of sp³-hybridized carbons (Fsp3) is 0.238. The number of nitrogens with zero attached hydrogens (tertiary/aromatic N) is 6. The molecule has 4 heterocycles. The van der Waals surface area contributed by atoms with Crippen LogP contribution < -0.4 is 5.01 Å². The van der Waals surface area contributed by atoms with Gasteiger partial charge in [-0.05, 0) is 24.3 Å². The van der Waals surface area contributed by atoms with Crippen LogP contribution in [0.4, 0.5) is 19.0 Å². The number of alkyl halides is 3. The summed E-state index contributed by atoms with van der Waals surface area (Å²) >= 11 is 0. The maximum Gasteiger partial charge on any atom is 0.417 e. The van der Waals surface area contributed by atoms with Gasteiger partial charge in [-0.1, -0.05) is 13.0 Å². The molecule has 0 saturated carbocycles. The number of halogens is 3. The first-order valence-electron chi connectivity index (χ1n) is 9.89. The predicted molar refractivity (Wildman–Crippen MR) is 117 cm³/mol. The monoisotopic (exact) mass is 476 g/mol. The summed E-state index contributed by atoms with van der Waals surface area (Å²) in [7, 11) is -2.12. The van der Waals surface area contributed by atoms with Crippen LogP contribution in [0.2, 0.25) is 0 Å². The van der Waals surface area contributed by atoms with Gasteiger partial charge in [0.05, 0.1) is 21.9 Å². The lowest BCUT2D eigenvalue weighted by molar-refractivity contribution is -0.137. The van der Waals surface area contributed by atoms with Crippen molar-refractivity contribution in [2.45, 2.75) is 24.4 Å². The maximum atomic E-state index is 13.1. The molecule has 0 fully saturated rings. The van der Waals surface area contributed by atoms with Crippen LogP contribution in [0.15, 0.2) is 58.9 Å². The van der Waals surface area contributed by atoms with E-state index in [2.05, 4.69) is 20.2 Å². The summed E-state index contributed by atoms with van der Waals surface area (Å²) in [6.07, 6.45) is 3.40. The molecule has 0 unspecified atom stereocenters. The van der Waals surface area contributed by atoms with Crippen molar-refractivity contribution in [3.63, 3.8) is 0 Å². The molecule has 3 aromatic rings. The first kappa shape index (κ1) is 22.6. The second kappa shape index (κ2) is 8.43. The summed E-state index contributed by atoms with van der Waals surface area (Å²) in [6.45, 7) is 1.52. The minimum absolute atomic E-state index is 0.0227. The van der Waals surface area contributed by atoms with Gasteiger partial charge in [0.1, 0.15) is 11.4 Å². The third-order valence-corrected chi connectivity index (χ3v) is 6.73. The van der Waals surface area contributed by atoms with Crippen LogP contribution in [0.3, 0.4) is 0 Å². The lowest BCUT2D eigenvalue weighted by Gasteiger charge is -2.17. The molecule has 0 aromatic carbocycles. The van der Waals surface area contributed by atoms with Crippen LogP contribution in [0.25, 0.3) is 22.6 Å². The molecule has 0 aliphatic carbocycles. The van der Waals surface area contributed by atoms with E-state index in [4.69, 9.17) is 0 Å². The van der Waals surface area contributed by atoms with Crippen LogP contribution >= 0.6 is 0 Å². The van der Waals surface area contributed by atoms with E-state index in [-0.39, 0.29) is 27.6 Å². The van der Waals surface area contributed by atoms with Gasteiger partial charge in [-0.3, -0.25) is 9.67 Å². The molecular weight excluding hydrogens is 457 g/mol. The molecule has 0 radical (unpaired) electrons. The molecule has 0 atom stereocenters. The molecule has 172 valence electrons. The molecule has 1 aliphatic heterocycles. The molecule has 0 bridgehead atoms. The van der Waals surface area contributed by atoms with Gasteiger partial charge in [-0.2, -0.15) is 23.4 Å². The van der Waals surface area contributed by atoms with Crippen LogP contribution in [0, 0.1) is 0 Å². The van der Waals surface area contributed by atoms with Crippen LogP contribution in [-0.2, 0) is 23.1 Å². The van der Waals surface area contributed by atoms with Gasteiger partial charge in [0.2, 0.25) is 0 Å². The van der Waals surface area contributed by atoms with E-state index < -0.39 is 21.6 Å². The molecule has 3 aromatic heterocycles. The molecule has 33 heavy (non-hydrogen) atoms. The SMILES string of the molecule is CCS(=O)(=O)c1ccc(N2C=CCC=N2)nc1-c1cc(-c2cncc(C(F)(F)F)c2)n(C)n1. The number of aryl methyl sites for hydroxylation is 1. The number of anilines is 1. The first-order valence-corrected chi connectivity index (χ1v) is 11.5. The van der Waals surface area contributed by atoms with Crippen molar-refractivity contribution in [3.05, 3.63) is 54.5 Å². The predicted octanol–water partition coefficient (Wildman–Crippen LogP) is 4.07. The summed E-state index contributed by atoms with van der Waals surface area (Å²) in [5.74, 6) is 0.222. The Morgan fingerprint density at radius 2 is 1.94 bits per heavy atom. The molecule has 0 amide bonds. The van der Waals surface area contributed by atoms with Gasteiger partial charge >= 0.3 is 6.18 Å². The van der Waals surface area contributed by atoms with E-state index in [1.165, 1.54) is 34.9 Å². The Morgan fingerprint density at radius 3 is 2.61 bits per heavy atom. The van der Waals surface area contributed by atoms with E-state index in [1.54, 1.807) is 25.5 Å². The summed E-state index contributed by atoms with van der Waals surface area (Å²) in [5, 5.41) is 10.1.